The number of anilines is 1. The van der Waals surface area contributed by atoms with Crippen LogP contribution in [0.25, 0.3) is 10.9 Å². The summed E-state index contributed by atoms with van der Waals surface area (Å²) in [4.78, 5) is 29.9. The molecule has 1 amide bonds. The van der Waals surface area contributed by atoms with Gasteiger partial charge in [0.25, 0.3) is 5.56 Å². The van der Waals surface area contributed by atoms with Gasteiger partial charge in [-0.2, -0.15) is 9.78 Å². The Morgan fingerprint density at radius 1 is 0.952 bits per heavy atom. The van der Waals surface area contributed by atoms with Crippen molar-refractivity contribution in [1.29, 1.82) is 0 Å². The van der Waals surface area contributed by atoms with Crippen LogP contribution in [0.15, 0.2) is 122 Å². The van der Waals surface area contributed by atoms with E-state index in [0.29, 0.717) is 16.6 Å². The fraction of sp³-hybridized carbons (Fsp3) is 0.0968. The van der Waals surface area contributed by atoms with Crippen LogP contribution in [0.2, 0.25) is 0 Å². The van der Waals surface area contributed by atoms with Gasteiger partial charge in [-0.05, 0) is 66.1 Å². The molecule has 5 aromatic rings. The first kappa shape index (κ1) is 29.1. The van der Waals surface area contributed by atoms with Gasteiger partial charge in [0.2, 0.25) is 15.9 Å². The lowest BCUT2D eigenvalue weighted by atomic mass is 10.1. The molecular weight excluding hydrogens is 618 g/mol. The highest BCUT2D eigenvalue weighted by molar-refractivity contribution is 9.10. The largest absolute Gasteiger partial charge is 0.326 e. The lowest BCUT2D eigenvalue weighted by Crippen LogP contribution is -2.35. The smallest absolute Gasteiger partial charge is 0.282 e. The van der Waals surface area contributed by atoms with Crippen LogP contribution in [0.1, 0.15) is 29.9 Å². The number of halogens is 1. The molecular formula is C31H26BrN5O4S. The summed E-state index contributed by atoms with van der Waals surface area (Å²) in [6, 6.07) is 28.4. The maximum absolute atomic E-state index is 13.7. The van der Waals surface area contributed by atoms with Crippen molar-refractivity contribution in [3.05, 3.63) is 135 Å². The highest BCUT2D eigenvalue weighted by atomic mass is 79.9. The predicted molar refractivity (Wildman–Crippen MR) is 167 cm³/mol. The van der Waals surface area contributed by atoms with Crippen molar-refractivity contribution in [1.82, 2.24) is 14.4 Å². The normalized spacial score (nSPS) is 12.4. The fourth-order valence-electron chi connectivity index (χ4n) is 4.36. The lowest BCUT2D eigenvalue weighted by Gasteiger charge is -2.21. The van der Waals surface area contributed by atoms with Crippen molar-refractivity contribution in [2.24, 2.45) is 5.10 Å². The summed E-state index contributed by atoms with van der Waals surface area (Å²) in [6.07, 6.45) is 1.73. The highest BCUT2D eigenvalue weighted by Crippen LogP contribution is 2.23. The Kier molecular flexibility index (Phi) is 8.72. The zero-order valence-electron chi connectivity index (χ0n) is 22.4. The number of carbonyl (C=O) groups is 1. The van der Waals surface area contributed by atoms with Gasteiger partial charge in [-0.15, -0.1) is 0 Å². The first-order valence-corrected chi connectivity index (χ1v) is 15.2. The lowest BCUT2D eigenvalue weighted by molar-refractivity contribution is -0.114. The Bertz CT molecular complexity index is 1930. The first-order chi connectivity index (χ1) is 20.2. The van der Waals surface area contributed by atoms with E-state index in [1.54, 1.807) is 24.3 Å². The van der Waals surface area contributed by atoms with E-state index in [0.717, 1.165) is 20.3 Å². The minimum absolute atomic E-state index is 0.0114. The molecule has 0 aliphatic carbocycles. The van der Waals surface area contributed by atoms with E-state index in [1.807, 2.05) is 54.6 Å². The Labute approximate surface area is 251 Å². The van der Waals surface area contributed by atoms with Gasteiger partial charge in [-0.3, -0.25) is 9.59 Å². The second kappa shape index (κ2) is 12.6. The van der Waals surface area contributed by atoms with Crippen LogP contribution in [0.3, 0.4) is 0 Å². The molecule has 0 fully saturated rings. The molecule has 2 N–H and O–H groups in total. The monoisotopic (exact) mass is 643 g/mol. The first-order valence-electron chi connectivity index (χ1n) is 13.0. The highest BCUT2D eigenvalue weighted by Gasteiger charge is 2.27. The summed E-state index contributed by atoms with van der Waals surface area (Å²) < 4.78 is 32.1. The SMILES string of the molecule is CC(=O)Nc1ccc(S(=O)(=O)NC(Cc2ccccc2)c2nc3ccccc3c(=O)n2/N=C/c2ccc(Br)cc2)cc1. The van der Waals surface area contributed by atoms with Crippen LogP contribution in [-0.4, -0.2) is 30.2 Å². The van der Waals surface area contributed by atoms with Crippen molar-refractivity contribution >= 4 is 54.7 Å². The van der Waals surface area contributed by atoms with Gasteiger partial charge in [-0.25, -0.2) is 18.1 Å². The van der Waals surface area contributed by atoms with Crippen molar-refractivity contribution in [2.75, 3.05) is 5.32 Å². The van der Waals surface area contributed by atoms with E-state index in [2.05, 4.69) is 31.1 Å². The molecule has 9 nitrogen and oxygen atoms in total. The van der Waals surface area contributed by atoms with Crippen LogP contribution in [0, 0.1) is 0 Å². The molecule has 0 saturated carbocycles. The van der Waals surface area contributed by atoms with E-state index in [4.69, 9.17) is 4.98 Å². The van der Waals surface area contributed by atoms with E-state index < -0.39 is 21.6 Å². The molecule has 5 rings (SSSR count). The second-order valence-electron chi connectivity index (χ2n) is 9.47. The number of benzene rings is 4. The molecule has 0 aliphatic rings. The number of hydrogen-bond donors (Lipinski definition) is 2. The van der Waals surface area contributed by atoms with Gasteiger partial charge >= 0.3 is 0 Å². The summed E-state index contributed by atoms with van der Waals surface area (Å²) in [5.74, 6) is -0.134. The number of sulfonamides is 1. The Balaban J connectivity index is 1.62. The molecule has 4 aromatic carbocycles. The number of fused-ring (bicyclic) bond motifs is 1. The van der Waals surface area contributed by atoms with Gasteiger partial charge < -0.3 is 5.32 Å². The molecule has 1 heterocycles. The maximum Gasteiger partial charge on any atom is 0.282 e. The van der Waals surface area contributed by atoms with Gasteiger partial charge in [0.05, 0.1) is 28.1 Å². The standard InChI is InChI=1S/C31H26BrN5O4S/c1-21(38)34-25-15-17-26(18-16-25)42(40,41)36-29(19-22-7-3-2-4-8-22)30-35-28-10-6-5-9-27(28)31(39)37(30)33-20-23-11-13-24(32)14-12-23/h2-18,20,29,36H,19H2,1H3,(H,34,38)/b33-20+. The Morgan fingerprint density at radius 3 is 2.31 bits per heavy atom. The summed E-state index contributed by atoms with van der Waals surface area (Å²) in [5.41, 5.74) is 2.03. The van der Waals surface area contributed by atoms with Crippen LogP contribution < -0.4 is 15.6 Å². The average Bonchev–Trinajstić information content (AvgIpc) is 2.97. The quantitative estimate of drug-likeness (QED) is 0.212. The number of hydrogen-bond acceptors (Lipinski definition) is 6. The third kappa shape index (κ3) is 6.88. The summed E-state index contributed by atoms with van der Waals surface area (Å²) in [5, 5.41) is 7.46. The minimum atomic E-state index is -4.10. The molecule has 0 saturated heterocycles. The molecule has 0 aliphatic heterocycles. The van der Waals surface area contributed by atoms with Crippen LogP contribution in [0.4, 0.5) is 5.69 Å². The number of aromatic nitrogens is 2. The number of nitrogens with zero attached hydrogens (tertiary/aromatic N) is 3. The predicted octanol–water partition coefficient (Wildman–Crippen LogP) is 5.26. The number of nitrogens with one attached hydrogen (secondary N) is 2. The minimum Gasteiger partial charge on any atom is -0.326 e. The van der Waals surface area contributed by atoms with Crippen LogP contribution in [-0.2, 0) is 21.2 Å². The zero-order chi connectivity index (χ0) is 29.7. The Morgan fingerprint density at radius 2 is 1.62 bits per heavy atom. The van der Waals surface area contributed by atoms with Crippen LogP contribution in [0.5, 0.6) is 0 Å². The number of amides is 1. The number of rotatable bonds is 9. The molecule has 42 heavy (non-hydrogen) atoms. The van der Waals surface area contributed by atoms with Crippen molar-refractivity contribution in [3.63, 3.8) is 0 Å². The summed E-state index contributed by atoms with van der Waals surface area (Å²) in [7, 11) is -4.10. The molecule has 212 valence electrons. The third-order valence-corrected chi connectivity index (χ3v) is 8.36. The molecule has 0 spiro atoms. The zero-order valence-corrected chi connectivity index (χ0v) is 24.8. The van der Waals surface area contributed by atoms with Gasteiger partial charge in [0, 0.05) is 17.1 Å². The average molecular weight is 645 g/mol. The van der Waals surface area contributed by atoms with Crippen LogP contribution >= 0.6 is 15.9 Å². The van der Waals surface area contributed by atoms with Gasteiger partial charge in [0.1, 0.15) is 0 Å². The molecule has 0 radical (unpaired) electrons. The van der Waals surface area contributed by atoms with E-state index >= 15 is 0 Å². The topological polar surface area (TPSA) is 123 Å². The molecule has 0 bridgehead atoms. The maximum atomic E-state index is 13.7. The van der Waals surface area contributed by atoms with Crippen molar-refractivity contribution < 1.29 is 13.2 Å². The van der Waals surface area contributed by atoms with E-state index in [1.165, 1.54) is 37.4 Å². The summed E-state index contributed by atoms with van der Waals surface area (Å²) >= 11 is 3.41. The summed E-state index contributed by atoms with van der Waals surface area (Å²) in [6.45, 7) is 1.37. The number of para-hydroxylation sites is 1. The van der Waals surface area contributed by atoms with Gasteiger partial charge in [-0.1, -0.05) is 70.5 Å². The Hall–Kier alpha value is -4.45. The second-order valence-corrected chi connectivity index (χ2v) is 12.1. The van der Waals surface area contributed by atoms with E-state index in [-0.39, 0.29) is 23.0 Å². The van der Waals surface area contributed by atoms with Crippen molar-refractivity contribution in [2.45, 2.75) is 24.3 Å². The molecule has 1 aromatic heterocycles. The fourth-order valence-corrected chi connectivity index (χ4v) is 5.82. The molecule has 1 unspecified atom stereocenters. The molecule has 11 heteroatoms. The van der Waals surface area contributed by atoms with E-state index in [9.17, 15) is 18.0 Å². The number of carbonyl (C=O) groups excluding carboxylic acids is 1. The molecule has 1 atom stereocenters. The third-order valence-electron chi connectivity index (χ3n) is 6.35. The van der Waals surface area contributed by atoms with Gasteiger partial charge in [0.15, 0.2) is 5.82 Å². The van der Waals surface area contributed by atoms with Crippen molar-refractivity contribution in [3.8, 4) is 0 Å².